The third-order valence-electron chi connectivity index (χ3n) is 6.22. The second-order valence-corrected chi connectivity index (χ2v) is 8.22. The summed E-state index contributed by atoms with van der Waals surface area (Å²) >= 11 is 6.28. The molecule has 1 unspecified atom stereocenters. The lowest BCUT2D eigenvalue weighted by molar-refractivity contribution is -0.133. The van der Waals surface area contributed by atoms with Crippen LogP contribution in [0.5, 0.6) is 0 Å². The van der Waals surface area contributed by atoms with Crippen molar-refractivity contribution in [2.75, 3.05) is 6.54 Å². The lowest BCUT2D eigenvalue weighted by Crippen LogP contribution is -2.47. The predicted octanol–water partition coefficient (Wildman–Crippen LogP) is 4.62. The van der Waals surface area contributed by atoms with Crippen LogP contribution in [0.25, 0.3) is 0 Å². The molecule has 0 bridgehead atoms. The Labute approximate surface area is 161 Å². The van der Waals surface area contributed by atoms with Gasteiger partial charge in [0.25, 0.3) is 0 Å². The van der Waals surface area contributed by atoms with Crippen LogP contribution in [0.1, 0.15) is 44.6 Å². The first kappa shape index (κ1) is 19.2. The first-order chi connectivity index (χ1) is 12.5. The molecule has 0 heterocycles. The molecule has 3 nitrogen and oxygen atoms in total. The number of amides is 1. The third-order valence-corrected chi connectivity index (χ3v) is 6.50. The molecule has 1 amide bonds. The SMILES string of the molecule is CC(=O)N(Cc1ccccc1)[C@H]1CC[C@@](CN)(C2C=CC=C(Cl)C2)CC1. The number of hydrogen-bond acceptors (Lipinski definition) is 2. The summed E-state index contributed by atoms with van der Waals surface area (Å²) in [5.74, 6) is 0.563. The standard InChI is InChI=1S/C22H29ClN2O/c1-17(26)25(15-18-6-3-2-4-7-18)21-10-12-22(16-24,13-11-21)19-8-5-9-20(23)14-19/h2-9,19,21H,10-16,24H2,1H3/t19?,21-,22+. The molecule has 0 saturated heterocycles. The van der Waals surface area contributed by atoms with Crippen molar-refractivity contribution >= 4 is 17.5 Å². The Kier molecular flexibility index (Phi) is 6.20. The minimum absolute atomic E-state index is 0.108. The highest BCUT2D eigenvalue weighted by Gasteiger charge is 2.41. The number of halogens is 1. The number of rotatable bonds is 5. The van der Waals surface area contributed by atoms with Crippen LogP contribution in [0.4, 0.5) is 0 Å². The Hall–Kier alpha value is -1.58. The topological polar surface area (TPSA) is 46.3 Å². The second-order valence-electron chi connectivity index (χ2n) is 7.74. The van der Waals surface area contributed by atoms with Gasteiger partial charge in [-0.05, 0) is 61.6 Å². The van der Waals surface area contributed by atoms with Crippen LogP contribution in [-0.4, -0.2) is 23.4 Å². The molecule has 0 radical (unpaired) electrons. The maximum Gasteiger partial charge on any atom is 0.219 e. The average molecular weight is 373 g/mol. The molecular weight excluding hydrogens is 344 g/mol. The molecule has 2 N–H and O–H groups in total. The normalized spacial score (nSPS) is 28.5. The summed E-state index contributed by atoms with van der Waals surface area (Å²) < 4.78 is 0. The largest absolute Gasteiger partial charge is 0.336 e. The van der Waals surface area contributed by atoms with Crippen molar-refractivity contribution in [1.29, 1.82) is 0 Å². The van der Waals surface area contributed by atoms with Gasteiger partial charge in [-0.25, -0.2) is 0 Å². The molecule has 1 saturated carbocycles. The lowest BCUT2D eigenvalue weighted by Gasteiger charge is -2.47. The molecule has 1 fully saturated rings. The Morgan fingerprint density at radius 2 is 1.96 bits per heavy atom. The Morgan fingerprint density at radius 1 is 1.27 bits per heavy atom. The van der Waals surface area contributed by atoms with Gasteiger partial charge in [-0.1, -0.05) is 54.1 Å². The van der Waals surface area contributed by atoms with E-state index in [9.17, 15) is 4.79 Å². The predicted molar refractivity (Wildman–Crippen MR) is 108 cm³/mol. The van der Waals surface area contributed by atoms with Crippen molar-refractivity contribution in [2.45, 2.75) is 51.6 Å². The van der Waals surface area contributed by atoms with Crippen molar-refractivity contribution in [2.24, 2.45) is 17.1 Å². The Morgan fingerprint density at radius 3 is 2.54 bits per heavy atom. The quantitative estimate of drug-likeness (QED) is 0.819. The number of benzene rings is 1. The van der Waals surface area contributed by atoms with E-state index in [0.717, 1.165) is 37.1 Å². The fraction of sp³-hybridized carbons (Fsp3) is 0.500. The fourth-order valence-electron chi connectivity index (χ4n) is 4.55. The van der Waals surface area contributed by atoms with Gasteiger partial charge in [-0.2, -0.15) is 0 Å². The van der Waals surface area contributed by atoms with Gasteiger partial charge in [-0.3, -0.25) is 4.79 Å². The molecule has 1 aromatic carbocycles. The lowest BCUT2D eigenvalue weighted by atomic mass is 9.63. The van der Waals surface area contributed by atoms with Gasteiger partial charge in [0.15, 0.2) is 0 Å². The van der Waals surface area contributed by atoms with Gasteiger partial charge in [0.05, 0.1) is 0 Å². The third kappa shape index (κ3) is 4.21. The zero-order chi connectivity index (χ0) is 18.6. The second kappa shape index (κ2) is 8.41. The van der Waals surface area contributed by atoms with E-state index in [0.29, 0.717) is 25.0 Å². The van der Waals surface area contributed by atoms with E-state index in [2.05, 4.69) is 24.3 Å². The summed E-state index contributed by atoms with van der Waals surface area (Å²) in [6, 6.07) is 10.5. The average Bonchev–Trinajstić information content (AvgIpc) is 2.67. The first-order valence-corrected chi connectivity index (χ1v) is 9.96. The van der Waals surface area contributed by atoms with Crippen LogP contribution in [0.2, 0.25) is 0 Å². The molecule has 26 heavy (non-hydrogen) atoms. The smallest absolute Gasteiger partial charge is 0.219 e. The molecule has 0 spiro atoms. The maximum atomic E-state index is 12.3. The van der Waals surface area contributed by atoms with E-state index < -0.39 is 0 Å². The molecule has 4 heteroatoms. The van der Waals surface area contributed by atoms with E-state index in [-0.39, 0.29) is 11.3 Å². The van der Waals surface area contributed by atoms with Crippen molar-refractivity contribution in [3.05, 3.63) is 59.2 Å². The molecule has 140 valence electrons. The molecule has 0 aliphatic heterocycles. The van der Waals surface area contributed by atoms with Gasteiger partial charge >= 0.3 is 0 Å². The highest BCUT2D eigenvalue weighted by atomic mass is 35.5. The van der Waals surface area contributed by atoms with Gasteiger partial charge < -0.3 is 10.6 Å². The number of nitrogens with zero attached hydrogens (tertiary/aromatic N) is 1. The molecule has 1 atom stereocenters. The van der Waals surface area contributed by atoms with E-state index in [4.69, 9.17) is 17.3 Å². The number of carbonyl (C=O) groups excluding carboxylic acids is 1. The highest BCUT2D eigenvalue weighted by molar-refractivity contribution is 6.29. The van der Waals surface area contributed by atoms with E-state index in [1.807, 2.05) is 29.2 Å². The summed E-state index contributed by atoms with van der Waals surface area (Å²) in [6.07, 6.45) is 11.3. The number of allylic oxidation sites excluding steroid dienone is 4. The highest BCUT2D eigenvalue weighted by Crippen LogP contribution is 2.47. The molecule has 2 aliphatic rings. The van der Waals surface area contributed by atoms with Crippen molar-refractivity contribution in [3.8, 4) is 0 Å². The molecule has 3 rings (SSSR count). The fourth-order valence-corrected chi connectivity index (χ4v) is 4.79. The van der Waals surface area contributed by atoms with Gasteiger partial charge in [0.2, 0.25) is 5.91 Å². The number of carbonyl (C=O) groups is 1. The van der Waals surface area contributed by atoms with E-state index in [1.165, 1.54) is 5.56 Å². The first-order valence-electron chi connectivity index (χ1n) is 9.58. The molecule has 1 aromatic rings. The molecular formula is C22H29ClN2O. The summed E-state index contributed by atoms with van der Waals surface area (Å²) in [5.41, 5.74) is 7.54. The van der Waals surface area contributed by atoms with Crippen LogP contribution in [0, 0.1) is 11.3 Å². The van der Waals surface area contributed by atoms with Gasteiger partial charge in [-0.15, -0.1) is 0 Å². The molecule has 2 aliphatic carbocycles. The van der Waals surface area contributed by atoms with Crippen LogP contribution in [0.3, 0.4) is 0 Å². The van der Waals surface area contributed by atoms with Crippen molar-refractivity contribution in [1.82, 2.24) is 4.90 Å². The Balaban J connectivity index is 1.68. The van der Waals surface area contributed by atoms with Gasteiger partial charge in [0.1, 0.15) is 0 Å². The monoisotopic (exact) mass is 372 g/mol. The summed E-state index contributed by atoms with van der Waals surface area (Å²) in [6.45, 7) is 3.05. The van der Waals surface area contributed by atoms with E-state index >= 15 is 0 Å². The summed E-state index contributed by atoms with van der Waals surface area (Å²) in [4.78, 5) is 14.3. The van der Waals surface area contributed by atoms with Crippen LogP contribution < -0.4 is 5.73 Å². The zero-order valence-electron chi connectivity index (χ0n) is 15.5. The number of hydrogen-bond donors (Lipinski definition) is 1. The molecule has 0 aromatic heterocycles. The maximum absolute atomic E-state index is 12.3. The van der Waals surface area contributed by atoms with Crippen LogP contribution >= 0.6 is 11.6 Å². The summed E-state index contributed by atoms with van der Waals surface area (Å²) in [7, 11) is 0. The van der Waals surface area contributed by atoms with Gasteiger partial charge in [0, 0.05) is 24.5 Å². The summed E-state index contributed by atoms with van der Waals surface area (Å²) in [5, 5.41) is 0.918. The minimum atomic E-state index is 0.108. The van der Waals surface area contributed by atoms with Crippen molar-refractivity contribution in [3.63, 3.8) is 0 Å². The zero-order valence-corrected chi connectivity index (χ0v) is 16.3. The van der Waals surface area contributed by atoms with Crippen LogP contribution in [0.15, 0.2) is 53.6 Å². The Bertz CT molecular complexity index is 675. The minimum Gasteiger partial charge on any atom is -0.336 e. The van der Waals surface area contributed by atoms with E-state index in [1.54, 1.807) is 6.92 Å². The van der Waals surface area contributed by atoms with Crippen LogP contribution in [-0.2, 0) is 11.3 Å². The van der Waals surface area contributed by atoms with Crippen molar-refractivity contribution < 1.29 is 4.79 Å². The number of nitrogens with two attached hydrogens (primary N) is 1.